The highest BCUT2D eigenvalue weighted by Crippen LogP contribution is 2.23. The third-order valence-electron chi connectivity index (χ3n) is 4.53. The van der Waals surface area contributed by atoms with Crippen LogP contribution in [-0.4, -0.2) is 46.0 Å². The fourth-order valence-electron chi connectivity index (χ4n) is 3.01. The number of carboxylic acids is 1. The van der Waals surface area contributed by atoms with Crippen molar-refractivity contribution in [3.8, 4) is 5.75 Å². The van der Waals surface area contributed by atoms with E-state index < -0.39 is 22.6 Å². The standard InChI is InChI=1S/C19H17FN2O6/c20-17-11-12(19(24)25)1-6-16(17)18(23)21-9-7-15(8-10-21)28-14-4-2-13(3-5-14)22(26)27/h1-6,11,15H,7-10H2,(H,24,25). The predicted octanol–water partition coefficient (Wildman–Crippen LogP) is 3.12. The average molecular weight is 388 g/mol. The van der Waals surface area contributed by atoms with E-state index in [1.165, 1.54) is 41.3 Å². The van der Waals surface area contributed by atoms with Gasteiger partial charge in [0, 0.05) is 38.1 Å². The highest BCUT2D eigenvalue weighted by atomic mass is 19.1. The van der Waals surface area contributed by atoms with E-state index in [0.29, 0.717) is 31.7 Å². The largest absolute Gasteiger partial charge is 0.490 e. The van der Waals surface area contributed by atoms with Crippen molar-refractivity contribution in [1.29, 1.82) is 0 Å². The summed E-state index contributed by atoms with van der Waals surface area (Å²) < 4.78 is 19.9. The summed E-state index contributed by atoms with van der Waals surface area (Å²) in [6.45, 7) is 0.715. The molecule has 0 aromatic heterocycles. The van der Waals surface area contributed by atoms with Gasteiger partial charge in [-0.25, -0.2) is 9.18 Å². The Hall–Kier alpha value is -3.49. The molecule has 0 spiro atoms. The van der Waals surface area contributed by atoms with Gasteiger partial charge in [0.15, 0.2) is 0 Å². The first-order valence-corrected chi connectivity index (χ1v) is 8.58. The number of nitro benzene ring substituents is 1. The molecule has 3 rings (SSSR count). The molecule has 1 aliphatic heterocycles. The van der Waals surface area contributed by atoms with Crippen LogP contribution < -0.4 is 4.74 Å². The number of hydrogen-bond acceptors (Lipinski definition) is 5. The maximum Gasteiger partial charge on any atom is 0.335 e. The van der Waals surface area contributed by atoms with Gasteiger partial charge in [0.1, 0.15) is 17.7 Å². The van der Waals surface area contributed by atoms with Gasteiger partial charge in [-0.05, 0) is 30.3 Å². The molecule has 28 heavy (non-hydrogen) atoms. The van der Waals surface area contributed by atoms with Gasteiger partial charge in [-0.1, -0.05) is 0 Å². The number of piperidine rings is 1. The normalized spacial score (nSPS) is 14.5. The van der Waals surface area contributed by atoms with Gasteiger partial charge in [0.2, 0.25) is 0 Å². The molecular weight excluding hydrogens is 371 g/mol. The Balaban J connectivity index is 1.58. The third-order valence-corrected chi connectivity index (χ3v) is 4.53. The Labute approximate surface area is 159 Å². The molecule has 0 radical (unpaired) electrons. The lowest BCUT2D eigenvalue weighted by atomic mass is 10.0. The molecule has 2 aromatic rings. The van der Waals surface area contributed by atoms with Crippen LogP contribution in [0.25, 0.3) is 0 Å². The van der Waals surface area contributed by atoms with Crippen LogP contribution in [0.15, 0.2) is 42.5 Å². The first-order valence-electron chi connectivity index (χ1n) is 8.58. The van der Waals surface area contributed by atoms with E-state index in [1.54, 1.807) is 0 Å². The first kappa shape index (κ1) is 19.3. The van der Waals surface area contributed by atoms with Gasteiger partial charge in [-0.3, -0.25) is 14.9 Å². The maximum atomic E-state index is 14.1. The number of ether oxygens (including phenoxy) is 1. The van der Waals surface area contributed by atoms with Crippen LogP contribution in [-0.2, 0) is 0 Å². The van der Waals surface area contributed by atoms with Gasteiger partial charge in [-0.15, -0.1) is 0 Å². The van der Waals surface area contributed by atoms with Crippen molar-refractivity contribution in [2.75, 3.05) is 13.1 Å². The lowest BCUT2D eigenvalue weighted by Crippen LogP contribution is -2.42. The minimum Gasteiger partial charge on any atom is -0.490 e. The van der Waals surface area contributed by atoms with Gasteiger partial charge in [0.05, 0.1) is 16.1 Å². The summed E-state index contributed by atoms with van der Waals surface area (Å²) in [6.07, 6.45) is 0.888. The predicted molar refractivity (Wildman–Crippen MR) is 96.0 cm³/mol. The minimum absolute atomic E-state index is 0.0243. The number of halogens is 1. The number of nitrogens with zero attached hydrogens (tertiary/aromatic N) is 2. The van der Waals surface area contributed by atoms with Crippen LogP contribution in [0.3, 0.4) is 0 Å². The number of carboxylic acid groups (broad SMARTS) is 1. The van der Waals surface area contributed by atoms with E-state index in [-0.39, 0.29) is 22.9 Å². The molecule has 0 saturated carbocycles. The van der Waals surface area contributed by atoms with Gasteiger partial charge >= 0.3 is 5.97 Å². The van der Waals surface area contributed by atoms with Crippen LogP contribution in [0.4, 0.5) is 10.1 Å². The second-order valence-electron chi connectivity index (χ2n) is 6.36. The molecule has 1 heterocycles. The summed E-state index contributed by atoms with van der Waals surface area (Å²) in [7, 11) is 0. The van der Waals surface area contributed by atoms with E-state index in [0.717, 1.165) is 6.07 Å². The number of hydrogen-bond donors (Lipinski definition) is 1. The zero-order chi connectivity index (χ0) is 20.3. The molecule has 1 N–H and O–H groups in total. The Bertz CT molecular complexity index is 907. The number of amides is 1. The molecule has 1 fully saturated rings. The molecule has 0 aliphatic carbocycles. The van der Waals surface area contributed by atoms with Crippen molar-refractivity contribution in [1.82, 2.24) is 4.90 Å². The van der Waals surface area contributed by atoms with E-state index >= 15 is 0 Å². The maximum absolute atomic E-state index is 14.1. The van der Waals surface area contributed by atoms with E-state index in [9.17, 15) is 24.1 Å². The van der Waals surface area contributed by atoms with E-state index in [2.05, 4.69) is 0 Å². The molecule has 0 unspecified atom stereocenters. The van der Waals surface area contributed by atoms with Crippen molar-refractivity contribution >= 4 is 17.6 Å². The van der Waals surface area contributed by atoms with Crippen LogP contribution >= 0.6 is 0 Å². The van der Waals surface area contributed by atoms with Crippen molar-refractivity contribution < 1.29 is 28.7 Å². The highest BCUT2D eigenvalue weighted by molar-refractivity contribution is 5.96. The SMILES string of the molecule is O=C(O)c1ccc(C(=O)N2CCC(Oc3ccc([N+](=O)[O-])cc3)CC2)c(F)c1. The zero-order valence-corrected chi connectivity index (χ0v) is 14.7. The zero-order valence-electron chi connectivity index (χ0n) is 14.7. The summed E-state index contributed by atoms with van der Waals surface area (Å²) in [5, 5.41) is 19.5. The Morgan fingerprint density at radius 1 is 1.14 bits per heavy atom. The van der Waals surface area contributed by atoms with Crippen molar-refractivity contribution in [2.24, 2.45) is 0 Å². The summed E-state index contributed by atoms with van der Waals surface area (Å²) in [5.41, 5.74) is -0.410. The molecule has 146 valence electrons. The summed E-state index contributed by atoms with van der Waals surface area (Å²) in [6, 6.07) is 8.98. The number of rotatable bonds is 5. The van der Waals surface area contributed by atoms with Crippen molar-refractivity contribution in [2.45, 2.75) is 18.9 Å². The second kappa shape index (κ2) is 8.03. The second-order valence-corrected chi connectivity index (χ2v) is 6.36. The van der Waals surface area contributed by atoms with E-state index in [4.69, 9.17) is 9.84 Å². The molecule has 1 amide bonds. The molecular formula is C19H17FN2O6. The Kier molecular flexibility index (Phi) is 5.53. The molecule has 1 saturated heterocycles. The summed E-state index contributed by atoms with van der Waals surface area (Å²) in [4.78, 5) is 35.0. The quantitative estimate of drug-likeness (QED) is 0.622. The number of non-ortho nitro benzene ring substituents is 1. The van der Waals surface area contributed by atoms with Gasteiger partial charge in [-0.2, -0.15) is 0 Å². The lowest BCUT2D eigenvalue weighted by molar-refractivity contribution is -0.384. The van der Waals surface area contributed by atoms with Crippen LogP contribution in [0.1, 0.15) is 33.6 Å². The van der Waals surface area contributed by atoms with Crippen LogP contribution in [0.2, 0.25) is 0 Å². The molecule has 9 heteroatoms. The molecule has 1 aliphatic rings. The number of carbonyl (C=O) groups is 2. The average Bonchev–Trinajstić information content (AvgIpc) is 2.68. The van der Waals surface area contributed by atoms with Crippen molar-refractivity contribution in [3.05, 3.63) is 69.5 Å². The monoisotopic (exact) mass is 388 g/mol. The number of benzene rings is 2. The summed E-state index contributed by atoms with van der Waals surface area (Å²) in [5.74, 6) is -2.12. The van der Waals surface area contributed by atoms with Crippen LogP contribution in [0, 0.1) is 15.9 Å². The molecule has 0 atom stereocenters. The minimum atomic E-state index is -1.26. The lowest BCUT2D eigenvalue weighted by Gasteiger charge is -2.32. The molecule has 2 aromatic carbocycles. The fraction of sp³-hybridized carbons (Fsp3) is 0.263. The fourth-order valence-corrected chi connectivity index (χ4v) is 3.01. The molecule has 0 bridgehead atoms. The highest BCUT2D eigenvalue weighted by Gasteiger charge is 2.26. The van der Waals surface area contributed by atoms with Crippen molar-refractivity contribution in [3.63, 3.8) is 0 Å². The summed E-state index contributed by atoms with van der Waals surface area (Å²) >= 11 is 0. The number of likely N-dealkylation sites (tertiary alicyclic amines) is 1. The Morgan fingerprint density at radius 2 is 1.79 bits per heavy atom. The van der Waals surface area contributed by atoms with Gasteiger partial charge < -0.3 is 14.7 Å². The van der Waals surface area contributed by atoms with Gasteiger partial charge in [0.25, 0.3) is 11.6 Å². The van der Waals surface area contributed by atoms with E-state index in [1.807, 2.05) is 0 Å². The third kappa shape index (κ3) is 4.25. The smallest absolute Gasteiger partial charge is 0.335 e. The number of nitro groups is 1. The Morgan fingerprint density at radius 3 is 2.32 bits per heavy atom. The number of aromatic carboxylic acids is 1. The topological polar surface area (TPSA) is 110 Å². The first-order chi connectivity index (χ1) is 13.3. The molecule has 8 nitrogen and oxygen atoms in total. The number of carbonyl (C=O) groups excluding carboxylic acids is 1. The van der Waals surface area contributed by atoms with Crippen LogP contribution in [0.5, 0.6) is 5.75 Å².